The van der Waals surface area contributed by atoms with Gasteiger partial charge in [-0.1, -0.05) is 30.3 Å². The van der Waals surface area contributed by atoms with Crippen molar-refractivity contribution in [2.75, 3.05) is 13.2 Å². The van der Waals surface area contributed by atoms with E-state index in [0.29, 0.717) is 26.1 Å². The van der Waals surface area contributed by atoms with E-state index in [2.05, 4.69) is 24.3 Å². The van der Waals surface area contributed by atoms with Crippen molar-refractivity contribution in [1.29, 1.82) is 0 Å². The third-order valence-corrected chi connectivity index (χ3v) is 6.11. The summed E-state index contributed by atoms with van der Waals surface area (Å²) in [5.74, 6) is -0.132. The van der Waals surface area contributed by atoms with Crippen molar-refractivity contribution in [3.63, 3.8) is 0 Å². The smallest absolute Gasteiger partial charge is 0.168 e. The minimum Gasteiger partial charge on any atom is -0.393 e. The first kappa shape index (κ1) is 17.4. The molecule has 1 aromatic carbocycles. The zero-order valence-electron chi connectivity index (χ0n) is 14.5. The predicted molar refractivity (Wildman–Crippen MR) is 91.7 cm³/mol. The summed E-state index contributed by atoms with van der Waals surface area (Å²) in [6, 6.07) is 10.4. The van der Waals surface area contributed by atoms with Gasteiger partial charge in [-0.25, -0.2) is 0 Å². The number of benzene rings is 1. The van der Waals surface area contributed by atoms with E-state index in [0.717, 1.165) is 25.7 Å². The molecule has 5 heteroatoms. The van der Waals surface area contributed by atoms with Crippen LogP contribution in [0.2, 0.25) is 0 Å². The molecule has 0 spiro atoms. The van der Waals surface area contributed by atoms with Crippen molar-refractivity contribution in [2.24, 2.45) is 11.8 Å². The molecule has 1 aliphatic carbocycles. The van der Waals surface area contributed by atoms with Crippen LogP contribution in [0, 0.1) is 11.8 Å². The Morgan fingerprint density at radius 2 is 1.76 bits per heavy atom. The summed E-state index contributed by atoms with van der Waals surface area (Å²) in [5, 5.41) is 20.1. The number of hydrogen-bond acceptors (Lipinski definition) is 5. The number of rotatable bonds is 6. The highest BCUT2D eigenvalue weighted by Crippen LogP contribution is 2.46. The Balaban J connectivity index is 1.37. The lowest BCUT2D eigenvalue weighted by Gasteiger charge is -2.30. The average molecular weight is 348 g/mol. The van der Waals surface area contributed by atoms with E-state index < -0.39 is 12.1 Å². The molecule has 0 radical (unpaired) electrons. The molecular formula is C20H28O5. The third kappa shape index (κ3) is 3.76. The zero-order chi connectivity index (χ0) is 17.3. The van der Waals surface area contributed by atoms with E-state index in [-0.39, 0.29) is 24.0 Å². The Bertz CT molecular complexity index is 556. The van der Waals surface area contributed by atoms with E-state index in [4.69, 9.17) is 14.2 Å². The molecule has 0 amide bonds. The maximum absolute atomic E-state index is 10.4. The molecule has 0 bridgehead atoms. The van der Waals surface area contributed by atoms with E-state index in [1.54, 1.807) is 0 Å². The lowest BCUT2D eigenvalue weighted by atomic mass is 9.86. The van der Waals surface area contributed by atoms with Crippen LogP contribution in [0.1, 0.15) is 37.7 Å². The lowest BCUT2D eigenvalue weighted by molar-refractivity contribution is -0.170. The Kier molecular flexibility index (Phi) is 5.11. The fourth-order valence-corrected chi connectivity index (χ4v) is 4.81. The summed E-state index contributed by atoms with van der Waals surface area (Å²) < 4.78 is 17.5. The summed E-state index contributed by atoms with van der Waals surface area (Å²) in [6.07, 6.45) is 3.60. The molecule has 25 heavy (non-hydrogen) atoms. The number of aliphatic hydroxyl groups is 2. The molecule has 1 unspecified atom stereocenters. The molecule has 138 valence electrons. The number of ether oxygens (including phenoxy) is 3. The van der Waals surface area contributed by atoms with E-state index in [1.165, 1.54) is 5.56 Å². The van der Waals surface area contributed by atoms with Crippen LogP contribution in [0.5, 0.6) is 0 Å². The van der Waals surface area contributed by atoms with Crippen molar-refractivity contribution < 1.29 is 24.4 Å². The van der Waals surface area contributed by atoms with Crippen LogP contribution < -0.4 is 0 Å². The van der Waals surface area contributed by atoms with Crippen molar-refractivity contribution >= 4 is 0 Å². The van der Waals surface area contributed by atoms with Crippen LogP contribution in [0.4, 0.5) is 0 Å². The molecule has 2 saturated heterocycles. The maximum atomic E-state index is 10.4. The van der Waals surface area contributed by atoms with Gasteiger partial charge in [0, 0.05) is 25.7 Å². The van der Waals surface area contributed by atoms with Crippen molar-refractivity contribution in [2.45, 2.75) is 62.8 Å². The van der Waals surface area contributed by atoms with Crippen LogP contribution in [-0.4, -0.2) is 47.7 Å². The van der Waals surface area contributed by atoms with Gasteiger partial charge in [-0.05, 0) is 30.2 Å². The van der Waals surface area contributed by atoms with Crippen molar-refractivity contribution in [3.8, 4) is 0 Å². The number of fused-ring (bicyclic) bond motifs is 1. The molecule has 2 heterocycles. The number of aryl methyl sites for hydroxylation is 1. The summed E-state index contributed by atoms with van der Waals surface area (Å²) in [7, 11) is 0. The molecule has 3 aliphatic rings. The molecular weight excluding hydrogens is 320 g/mol. The van der Waals surface area contributed by atoms with Crippen LogP contribution in [0.15, 0.2) is 30.3 Å². The highest BCUT2D eigenvalue weighted by Gasteiger charge is 2.49. The third-order valence-electron chi connectivity index (χ3n) is 6.11. The molecule has 5 nitrogen and oxygen atoms in total. The average Bonchev–Trinajstić information content (AvgIpc) is 3.28. The Hall–Kier alpha value is -0.980. The highest BCUT2D eigenvalue weighted by molar-refractivity contribution is 5.15. The van der Waals surface area contributed by atoms with Crippen LogP contribution in [-0.2, 0) is 20.6 Å². The quantitative estimate of drug-likeness (QED) is 0.825. The maximum Gasteiger partial charge on any atom is 0.168 e. The minimum atomic E-state index is -0.670. The van der Waals surface area contributed by atoms with Gasteiger partial charge >= 0.3 is 0 Å². The van der Waals surface area contributed by atoms with Gasteiger partial charge in [0.2, 0.25) is 0 Å². The first-order valence-electron chi connectivity index (χ1n) is 9.49. The molecule has 1 saturated carbocycles. The van der Waals surface area contributed by atoms with Gasteiger partial charge in [0.25, 0.3) is 0 Å². The second kappa shape index (κ2) is 7.33. The van der Waals surface area contributed by atoms with Gasteiger partial charge < -0.3 is 24.4 Å². The largest absolute Gasteiger partial charge is 0.393 e. The SMILES string of the molecule is OC1C[C@@H]2[C@@H](CCC3(CCc4ccccc4)OCCO3)[C@H](O)C[C@@H]2O1. The lowest BCUT2D eigenvalue weighted by Crippen LogP contribution is -2.33. The van der Waals surface area contributed by atoms with Gasteiger partial charge in [-0.3, -0.25) is 0 Å². The fourth-order valence-electron chi connectivity index (χ4n) is 4.81. The van der Waals surface area contributed by atoms with Crippen molar-refractivity contribution in [1.82, 2.24) is 0 Å². The Morgan fingerprint density at radius 1 is 1.00 bits per heavy atom. The fraction of sp³-hybridized carbons (Fsp3) is 0.700. The second-order valence-corrected chi connectivity index (χ2v) is 7.63. The summed E-state index contributed by atoms with van der Waals surface area (Å²) >= 11 is 0. The van der Waals surface area contributed by atoms with E-state index in [9.17, 15) is 10.2 Å². The molecule has 2 aliphatic heterocycles. The topological polar surface area (TPSA) is 68.2 Å². The summed E-state index contributed by atoms with van der Waals surface area (Å²) in [5.41, 5.74) is 1.29. The van der Waals surface area contributed by atoms with Crippen LogP contribution in [0.3, 0.4) is 0 Å². The number of aliphatic hydroxyl groups excluding tert-OH is 2. The Morgan fingerprint density at radius 3 is 2.52 bits per heavy atom. The summed E-state index contributed by atoms with van der Waals surface area (Å²) in [4.78, 5) is 0. The standard InChI is InChI=1S/C20H28O5/c21-17-13-18-16(12-19(22)25-18)15(17)7-9-20(23-10-11-24-20)8-6-14-4-2-1-3-5-14/h1-5,15-19,21-22H,6-13H2/t15-,16-,17-,18+,19?/m1/s1. The first-order chi connectivity index (χ1) is 12.2. The molecule has 3 fully saturated rings. The second-order valence-electron chi connectivity index (χ2n) is 7.63. The van der Waals surface area contributed by atoms with Gasteiger partial charge in [0.1, 0.15) is 0 Å². The normalized spacial score (nSPS) is 36.6. The predicted octanol–water partition coefficient (Wildman–Crippen LogP) is 2.25. The van der Waals surface area contributed by atoms with Gasteiger partial charge in [-0.2, -0.15) is 0 Å². The summed E-state index contributed by atoms with van der Waals surface area (Å²) in [6.45, 7) is 1.27. The Labute approximate surface area is 148 Å². The molecule has 1 aromatic rings. The monoisotopic (exact) mass is 348 g/mol. The highest BCUT2D eigenvalue weighted by atomic mass is 16.7. The minimum absolute atomic E-state index is 0.000633. The van der Waals surface area contributed by atoms with E-state index in [1.807, 2.05) is 6.07 Å². The van der Waals surface area contributed by atoms with Crippen LogP contribution >= 0.6 is 0 Å². The van der Waals surface area contributed by atoms with Gasteiger partial charge in [-0.15, -0.1) is 0 Å². The first-order valence-corrected chi connectivity index (χ1v) is 9.49. The van der Waals surface area contributed by atoms with E-state index >= 15 is 0 Å². The van der Waals surface area contributed by atoms with Crippen LogP contribution in [0.25, 0.3) is 0 Å². The molecule has 5 atom stereocenters. The molecule has 0 aromatic heterocycles. The van der Waals surface area contributed by atoms with Crippen molar-refractivity contribution in [3.05, 3.63) is 35.9 Å². The zero-order valence-corrected chi connectivity index (χ0v) is 14.5. The molecule has 2 N–H and O–H groups in total. The molecule has 4 rings (SSSR count). The van der Waals surface area contributed by atoms with Gasteiger partial charge in [0.05, 0.1) is 25.4 Å². The number of hydrogen-bond donors (Lipinski definition) is 2. The van der Waals surface area contributed by atoms with Gasteiger partial charge in [0.15, 0.2) is 12.1 Å².